The van der Waals surface area contributed by atoms with Crippen molar-refractivity contribution in [3.05, 3.63) is 35.9 Å². The Morgan fingerprint density at radius 1 is 1.00 bits per heavy atom. The second-order valence-corrected chi connectivity index (χ2v) is 7.12. The molecule has 2 saturated heterocycles. The summed E-state index contributed by atoms with van der Waals surface area (Å²) in [5, 5.41) is 3.37. The summed E-state index contributed by atoms with van der Waals surface area (Å²) < 4.78 is 0. The monoisotopic (exact) mass is 364 g/mol. The lowest BCUT2D eigenvalue weighted by Gasteiger charge is -2.32. The molecule has 0 spiro atoms. The maximum Gasteiger partial charge on any atom is 0.222 e. The van der Waals surface area contributed by atoms with Crippen LogP contribution in [0.2, 0.25) is 0 Å². The second-order valence-electron chi connectivity index (χ2n) is 7.12. The highest BCUT2D eigenvalue weighted by molar-refractivity contribution is 5.98. The molecule has 2 heterocycles. The van der Waals surface area contributed by atoms with Gasteiger partial charge in [0.15, 0.2) is 5.78 Å². The van der Waals surface area contributed by atoms with Crippen LogP contribution < -0.4 is 5.32 Å². The van der Waals surface area contributed by atoms with E-state index < -0.39 is 0 Å². The highest BCUT2D eigenvalue weighted by atomic mass is 35.5. The van der Waals surface area contributed by atoms with Gasteiger partial charge in [-0.05, 0) is 51.1 Å². The molecule has 0 aliphatic carbocycles. The molecule has 2 aliphatic rings. The van der Waals surface area contributed by atoms with Crippen molar-refractivity contribution in [1.82, 2.24) is 10.2 Å². The van der Waals surface area contributed by atoms with Crippen LogP contribution in [0.3, 0.4) is 0 Å². The van der Waals surface area contributed by atoms with Gasteiger partial charge >= 0.3 is 0 Å². The Bertz CT molecular complexity index is 550. The van der Waals surface area contributed by atoms with E-state index in [1.807, 2.05) is 35.2 Å². The summed E-state index contributed by atoms with van der Waals surface area (Å²) in [5.74, 6) is 1.28. The highest BCUT2D eigenvalue weighted by Gasteiger charge is 2.28. The lowest BCUT2D eigenvalue weighted by atomic mass is 9.88. The molecule has 2 fully saturated rings. The second kappa shape index (κ2) is 9.93. The quantitative estimate of drug-likeness (QED) is 0.815. The zero-order valence-corrected chi connectivity index (χ0v) is 15.6. The number of nitrogens with one attached hydrogen (secondary N) is 1. The van der Waals surface area contributed by atoms with Crippen LogP contribution in [0.5, 0.6) is 0 Å². The van der Waals surface area contributed by atoms with Gasteiger partial charge in [0, 0.05) is 31.0 Å². The number of piperidine rings is 2. The van der Waals surface area contributed by atoms with Crippen molar-refractivity contribution in [1.29, 1.82) is 0 Å². The first-order valence-electron chi connectivity index (χ1n) is 9.32. The molecule has 5 heteroatoms. The number of amides is 1. The van der Waals surface area contributed by atoms with Crippen molar-refractivity contribution in [2.75, 3.05) is 26.2 Å². The molecular formula is C20H29ClN2O2. The Morgan fingerprint density at radius 3 is 2.28 bits per heavy atom. The van der Waals surface area contributed by atoms with Crippen molar-refractivity contribution in [3.63, 3.8) is 0 Å². The summed E-state index contributed by atoms with van der Waals surface area (Å²) in [6, 6.07) is 9.53. The number of carbonyl (C=O) groups is 2. The molecule has 25 heavy (non-hydrogen) atoms. The molecule has 1 aromatic rings. The third kappa shape index (κ3) is 5.55. The van der Waals surface area contributed by atoms with Crippen LogP contribution in [0, 0.1) is 11.8 Å². The number of ketones is 1. The summed E-state index contributed by atoms with van der Waals surface area (Å²) in [7, 11) is 0. The van der Waals surface area contributed by atoms with E-state index in [0.29, 0.717) is 12.3 Å². The smallest absolute Gasteiger partial charge is 0.222 e. The molecule has 1 N–H and O–H groups in total. The zero-order valence-electron chi connectivity index (χ0n) is 14.8. The maximum atomic E-state index is 12.5. The lowest BCUT2D eigenvalue weighted by molar-refractivity contribution is -0.132. The topological polar surface area (TPSA) is 49.4 Å². The number of halogens is 1. The van der Waals surface area contributed by atoms with Gasteiger partial charge in [0.05, 0.1) is 0 Å². The van der Waals surface area contributed by atoms with E-state index in [1.54, 1.807) is 0 Å². The summed E-state index contributed by atoms with van der Waals surface area (Å²) in [5.41, 5.74) is 0.799. The number of nitrogens with zero attached hydrogens (tertiary/aromatic N) is 1. The minimum absolute atomic E-state index is 0. The van der Waals surface area contributed by atoms with E-state index in [9.17, 15) is 9.59 Å². The Balaban J connectivity index is 0.00000225. The summed E-state index contributed by atoms with van der Waals surface area (Å²) >= 11 is 0. The number of benzene rings is 1. The Kier molecular flexibility index (Phi) is 7.91. The van der Waals surface area contributed by atoms with Gasteiger partial charge in [-0.15, -0.1) is 12.4 Å². The molecule has 0 atom stereocenters. The molecule has 0 bridgehead atoms. The van der Waals surface area contributed by atoms with E-state index in [0.717, 1.165) is 51.0 Å². The molecule has 0 saturated carbocycles. The summed E-state index contributed by atoms with van der Waals surface area (Å²) in [6.07, 6.45) is 5.67. The summed E-state index contributed by atoms with van der Waals surface area (Å²) in [6.45, 7) is 3.64. The minimum Gasteiger partial charge on any atom is -0.343 e. The Hall–Kier alpha value is -1.39. The molecule has 0 unspecified atom stereocenters. The van der Waals surface area contributed by atoms with Crippen LogP contribution in [-0.2, 0) is 4.79 Å². The van der Waals surface area contributed by atoms with E-state index in [4.69, 9.17) is 0 Å². The van der Waals surface area contributed by atoms with E-state index >= 15 is 0 Å². The van der Waals surface area contributed by atoms with Gasteiger partial charge in [-0.25, -0.2) is 0 Å². The van der Waals surface area contributed by atoms with Gasteiger partial charge in [-0.2, -0.15) is 0 Å². The molecule has 3 rings (SSSR count). The zero-order chi connectivity index (χ0) is 16.8. The highest BCUT2D eigenvalue weighted by Crippen LogP contribution is 2.24. The van der Waals surface area contributed by atoms with Crippen molar-refractivity contribution in [2.24, 2.45) is 11.8 Å². The van der Waals surface area contributed by atoms with E-state index in [2.05, 4.69) is 5.32 Å². The molecule has 0 radical (unpaired) electrons. The summed E-state index contributed by atoms with van der Waals surface area (Å²) in [4.78, 5) is 26.9. The molecule has 4 nitrogen and oxygen atoms in total. The molecule has 1 amide bonds. The SMILES string of the molecule is Cl.O=C(c1ccccc1)C1CCN(C(=O)CCC2CCNCC2)CC1. The van der Waals surface area contributed by atoms with Crippen molar-refractivity contribution in [3.8, 4) is 0 Å². The third-order valence-corrected chi connectivity index (χ3v) is 5.50. The van der Waals surface area contributed by atoms with Gasteiger partial charge in [0.25, 0.3) is 0 Å². The van der Waals surface area contributed by atoms with Crippen LogP contribution in [0.15, 0.2) is 30.3 Å². The molecular weight excluding hydrogens is 336 g/mol. The molecule has 1 aromatic carbocycles. The van der Waals surface area contributed by atoms with E-state index in [1.165, 1.54) is 12.8 Å². The average molecular weight is 365 g/mol. The largest absolute Gasteiger partial charge is 0.343 e. The fourth-order valence-electron chi connectivity index (χ4n) is 3.89. The first kappa shape index (κ1) is 19.9. The number of hydrogen-bond acceptors (Lipinski definition) is 3. The fourth-order valence-corrected chi connectivity index (χ4v) is 3.89. The van der Waals surface area contributed by atoms with Crippen molar-refractivity contribution in [2.45, 2.75) is 38.5 Å². The van der Waals surface area contributed by atoms with Gasteiger partial charge in [0.2, 0.25) is 5.91 Å². The van der Waals surface area contributed by atoms with Gasteiger partial charge in [-0.3, -0.25) is 9.59 Å². The number of hydrogen-bond donors (Lipinski definition) is 1. The van der Waals surface area contributed by atoms with Crippen molar-refractivity contribution < 1.29 is 9.59 Å². The predicted molar refractivity (Wildman–Crippen MR) is 102 cm³/mol. The Labute approximate surface area is 156 Å². The van der Waals surface area contributed by atoms with Crippen LogP contribution in [0.1, 0.15) is 48.9 Å². The number of likely N-dealkylation sites (tertiary alicyclic amines) is 1. The first-order chi connectivity index (χ1) is 11.7. The normalized spacial score (nSPS) is 19.3. The fraction of sp³-hybridized carbons (Fsp3) is 0.600. The number of Topliss-reactive ketones (excluding diaryl/α,β-unsaturated/α-hetero) is 1. The first-order valence-corrected chi connectivity index (χ1v) is 9.32. The molecule has 0 aromatic heterocycles. The van der Waals surface area contributed by atoms with Crippen LogP contribution in [0.4, 0.5) is 0 Å². The standard InChI is InChI=1S/C20H28N2O2.ClH/c23-19(7-6-16-8-12-21-13-9-16)22-14-10-18(11-15-22)20(24)17-4-2-1-3-5-17;/h1-5,16,18,21H,6-15H2;1H. The minimum atomic E-state index is 0. The maximum absolute atomic E-state index is 12.5. The third-order valence-electron chi connectivity index (χ3n) is 5.50. The average Bonchev–Trinajstić information content (AvgIpc) is 2.67. The van der Waals surface area contributed by atoms with Gasteiger partial charge < -0.3 is 10.2 Å². The lowest BCUT2D eigenvalue weighted by Crippen LogP contribution is -2.40. The van der Waals surface area contributed by atoms with E-state index in [-0.39, 0.29) is 30.0 Å². The van der Waals surface area contributed by atoms with Gasteiger partial charge in [-0.1, -0.05) is 30.3 Å². The molecule has 2 aliphatic heterocycles. The van der Waals surface area contributed by atoms with Crippen LogP contribution >= 0.6 is 12.4 Å². The Morgan fingerprint density at radius 2 is 1.64 bits per heavy atom. The number of carbonyl (C=O) groups excluding carboxylic acids is 2. The molecule has 138 valence electrons. The number of rotatable bonds is 5. The predicted octanol–water partition coefficient (Wildman–Crippen LogP) is 3.31. The van der Waals surface area contributed by atoms with Crippen LogP contribution in [0.25, 0.3) is 0 Å². The van der Waals surface area contributed by atoms with Gasteiger partial charge in [0.1, 0.15) is 0 Å². The van der Waals surface area contributed by atoms with Crippen molar-refractivity contribution >= 4 is 24.1 Å². The van der Waals surface area contributed by atoms with Crippen LogP contribution in [-0.4, -0.2) is 42.8 Å².